The highest BCUT2D eigenvalue weighted by atomic mass is 16.6. The van der Waals surface area contributed by atoms with E-state index in [0.717, 1.165) is 17.0 Å². The topological polar surface area (TPSA) is 102 Å². The van der Waals surface area contributed by atoms with Crippen LogP contribution in [0.15, 0.2) is 51.7 Å². The number of furan rings is 1. The maximum atomic E-state index is 5.32. The van der Waals surface area contributed by atoms with Crippen LogP contribution < -0.4 is 10.6 Å². The molecule has 3 aromatic heterocycles. The molecule has 0 saturated carbocycles. The van der Waals surface area contributed by atoms with Crippen LogP contribution in [0.1, 0.15) is 11.3 Å². The van der Waals surface area contributed by atoms with Crippen molar-refractivity contribution in [2.24, 2.45) is 0 Å². The molecule has 0 spiro atoms. The predicted molar refractivity (Wildman–Crippen MR) is 87.9 cm³/mol. The molecule has 0 aliphatic carbocycles. The molecule has 0 atom stereocenters. The van der Waals surface area contributed by atoms with Gasteiger partial charge in [-0.15, -0.1) is 0 Å². The number of rotatable bonds is 5. The van der Waals surface area contributed by atoms with Crippen molar-refractivity contribution < 1.29 is 9.05 Å². The summed E-state index contributed by atoms with van der Waals surface area (Å²) in [4.78, 5) is 8.83. The van der Waals surface area contributed by atoms with Gasteiger partial charge in [0.15, 0.2) is 11.6 Å². The van der Waals surface area contributed by atoms with Crippen molar-refractivity contribution in [3.63, 3.8) is 0 Å². The molecule has 4 rings (SSSR count). The fourth-order valence-corrected chi connectivity index (χ4v) is 2.29. The van der Waals surface area contributed by atoms with Gasteiger partial charge in [0.05, 0.1) is 12.8 Å². The zero-order valence-electron chi connectivity index (χ0n) is 12.9. The number of aromatic nitrogens is 4. The summed E-state index contributed by atoms with van der Waals surface area (Å²) < 4.78 is 10.0. The number of nitrogens with zero attached hydrogens (tertiary/aromatic N) is 4. The van der Waals surface area contributed by atoms with Crippen molar-refractivity contribution >= 4 is 28.6 Å². The lowest BCUT2D eigenvalue weighted by Crippen LogP contribution is -2.06. The van der Waals surface area contributed by atoms with E-state index < -0.39 is 0 Å². The highest BCUT2D eigenvalue weighted by Gasteiger charge is 2.13. The average molecular weight is 322 g/mol. The van der Waals surface area contributed by atoms with Crippen molar-refractivity contribution in [2.75, 3.05) is 10.6 Å². The van der Waals surface area contributed by atoms with E-state index >= 15 is 0 Å². The Morgan fingerprint density at radius 1 is 1.00 bits per heavy atom. The SMILES string of the molecule is Cc1cccc(Nc2nc3nonc3nc2NCc2ccco2)c1. The third-order valence-corrected chi connectivity index (χ3v) is 3.41. The minimum Gasteiger partial charge on any atom is -0.467 e. The molecule has 1 aromatic carbocycles. The Bertz CT molecular complexity index is 964. The van der Waals surface area contributed by atoms with Crippen LogP contribution in [-0.4, -0.2) is 20.3 Å². The zero-order chi connectivity index (χ0) is 16.4. The number of nitrogens with one attached hydrogen (secondary N) is 2. The Morgan fingerprint density at radius 2 is 1.83 bits per heavy atom. The first-order valence-electron chi connectivity index (χ1n) is 7.38. The standard InChI is InChI=1S/C16H14N6O2/c1-10-4-2-5-11(8-10)18-14-13(17-9-12-6-3-7-23-12)19-15-16(20-14)22-24-21-15/h2-8H,9H2,1H3,(H,17,19,21)(H,18,20,22). The van der Waals surface area contributed by atoms with E-state index in [-0.39, 0.29) is 0 Å². The van der Waals surface area contributed by atoms with E-state index in [1.54, 1.807) is 6.26 Å². The Kier molecular flexibility index (Phi) is 3.54. The van der Waals surface area contributed by atoms with Crippen LogP contribution in [0.2, 0.25) is 0 Å². The van der Waals surface area contributed by atoms with E-state index in [9.17, 15) is 0 Å². The summed E-state index contributed by atoms with van der Waals surface area (Å²) >= 11 is 0. The van der Waals surface area contributed by atoms with Crippen LogP contribution in [0.4, 0.5) is 17.3 Å². The summed E-state index contributed by atoms with van der Waals surface area (Å²) in [6, 6.07) is 11.7. The zero-order valence-corrected chi connectivity index (χ0v) is 12.9. The van der Waals surface area contributed by atoms with E-state index in [4.69, 9.17) is 9.05 Å². The van der Waals surface area contributed by atoms with Crippen LogP contribution in [0, 0.1) is 6.92 Å². The van der Waals surface area contributed by atoms with Gasteiger partial charge in [-0.2, -0.15) is 0 Å². The predicted octanol–water partition coefficient (Wildman–Crippen LogP) is 3.27. The summed E-state index contributed by atoms with van der Waals surface area (Å²) in [7, 11) is 0. The van der Waals surface area contributed by atoms with Gasteiger partial charge in [-0.25, -0.2) is 14.6 Å². The highest BCUT2D eigenvalue weighted by molar-refractivity contribution is 5.76. The van der Waals surface area contributed by atoms with E-state index in [0.29, 0.717) is 29.5 Å². The maximum Gasteiger partial charge on any atom is 0.245 e. The van der Waals surface area contributed by atoms with Gasteiger partial charge in [-0.1, -0.05) is 12.1 Å². The monoisotopic (exact) mass is 322 g/mol. The van der Waals surface area contributed by atoms with E-state index in [1.807, 2.05) is 43.3 Å². The molecule has 0 saturated heterocycles. The number of hydrogen-bond acceptors (Lipinski definition) is 8. The Labute approximate surface area is 136 Å². The quantitative estimate of drug-likeness (QED) is 0.577. The number of benzene rings is 1. The van der Waals surface area contributed by atoms with Crippen LogP contribution in [-0.2, 0) is 6.54 Å². The molecule has 0 bridgehead atoms. The third-order valence-electron chi connectivity index (χ3n) is 3.41. The molecule has 0 aliphatic rings. The molecule has 4 aromatic rings. The van der Waals surface area contributed by atoms with Crippen molar-refractivity contribution in [2.45, 2.75) is 13.5 Å². The second-order valence-electron chi connectivity index (χ2n) is 5.26. The van der Waals surface area contributed by atoms with Gasteiger partial charge in [-0.05, 0) is 47.1 Å². The Morgan fingerprint density at radius 3 is 2.58 bits per heavy atom. The molecule has 0 radical (unpaired) electrons. The Balaban J connectivity index is 1.67. The van der Waals surface area contributed by atoms with Gasteiger partial charge >= 0.3 is 0 Å². The lowest BCUT2D eigenvalue weighted by Gasteiger charge is -2.11. The minimum absolute atomic E-state index is 0.340. The van der Waals surface area contributed by atoms with Crippen LogP contribution in [0.5, 0.6) is 0 Å². The second kappa shape index (κ2) is 5.99. The van der Waals surface area contributed by atoms with Crippen LogP contribution >= 0.6 is 0 Å². The fraction of sp³-hybridized carbons (Fsp3) is 0.125. The smallest absolute Gasteiger partial charge is 0.245 e. The Hall–Kier alpha value is -3.42. The van der Waals surface area contributed by atoms with Crippen molar-refractivity contribution in [1.82, 2.24) is 20.3 Å². The first-order chi connectivity index (χ1) is 11.8. The third kappa shape index (κ3) is 2.89. The molecule has 8 nitrogen and oxygen atoms in total. The molecular formula is C16H14N6O2. The van der Waals surface area contributed by atoms with Gasteiger partial charge in [0, 0.05) is 5.69 Å². The summed E-state index contributed by atoms with van der Waals surface area (Å²) in [5.41, 5.74) is 2.73. The van der Waals surface area contributed by atoms with Gasteiger partial charge < -0.3 is 15.1 Å². The lowest BCUT2D eigenvalue weighted by atomic mass is 10.2. The van der Waals surface area contributed by atoms with Crippen molar-refractivity contribution in [1.29, 1.82) is 0 Å². The number of aryl methyl sites for hydroxylation is 1. The largest absolute Gasteiger partial charge is 0.467 e. The number of hydrogen-bond donors (Lipinski definition) is 2. The molecule has 8 heteroatoms. The molecule has 2 N–H and O–H groups in total. The molecule has 120 valence electrons. The molecular weight excluding hydrogens is 308 g/mol. The number of anilines is 3. The average Bonchev–Trinajstić information content (AvgIpc) is 3.24. The normalized spacial score (nSPS) is 10.9. The number of fused-ring (bicyclic) bond motifs is 1. The van der Waals surface area contributed by atoms with Crippen molar-refractivity contribution in [3.8, 4) is 0 Å². The second-order valence-corrected chi connectivity index (χ2v) is 5.26. The maximum absolute atomic E-state index is 5.32. The van der Waals surface area contributed by atoms with Gasteiger partial charge in [-0.3, -0.25) is 0 Å². The van der Waals surface area contributed by atoms with Gasteiger partial charge in [0.25, 0.3) is 0 Å². The van der Waals surface area contributed by atoms with Crippen LogP contribution in [0.25, 0.3) is 11.3 Å². The summed E-state index contributed by atoms with van der Waals surface area (Å²) in [5.74, 6) is 1.86. The fourth-order valence-electron chi connectivity index (χ4n) is 2.29. The van der Waals surface area contributed by atoms with Gasteiger partial charge in [0.1, 0.15) is 5.76 Å². The lowest BCUT2D eigenvalue weighted by molar-refractivity contribution is 0.314. The molecule has 3 heterocycles. The minimum atomic E-state index is 0.340. The molecule has 0 unspecified atom stereocenters. The highest BCUT2D eigenvalue weighted by Crippen LogP contribution is 2.24. The van der Waals surface area contributed by atoms with Gasteiger partial charge in [0.2, 0.25) is 11.3 Å². The molecule has 0 amide bonds. The first-order valence-corrected chi connectivity index (χ1v) is 7.38. The summed E-state index contributed by atoms with van der Waals surface area (Å²) in [6.45, 7) is 2.50. The summed E-state index contributed by atoms with van der Waals surface area (Å²) in [6.07, 6.45) is 1.62. The van der Waals surface area contributed by atoms with E-state index in [2.05, 4.69) is 30.9 Å². The van der Waals surface area contributed by atoms with Crippen LogP contribution in [0.3, 0.4) is 0 Å². The molecule has 24 heavy (non-hydrogen) atoms. The first kappa shape index (κ1) is 14.2. The molecule has 0 fully saturated rings. The van der Waals surface area contributed by atoms with Crippen molar-refractivity contribution in [3.05, 3.63) is 54.0 Å². The molecule has 0 aliphatic heterocycles. The van der Waals surface area contributed by atoms with E-state index in [1.165, 1.54) is 0 Å². The summed E-state index contributed by atoms with van der Waals surface area (Å²) in [5, 5.41) is 13.9.